The van der Waals surface area contributed by atoms with Crippen LogP contribution in [0, 0.1) is 12.7 Å². The maximum absolute atomic E-state index is 14.6. The van der Waals surface area contributed by atoms with E-state index in [2.05, 4.69) is 26.4 Å². The Hall–Kier alpha value is -4.01. The maximum atomic E-state index is 14.6. The van der Waals surface area contributed by atoms with E-state index in [-0.39, 0.29) is 17.8 Å². The number of aromatic nitrogens is 4. The molecule has 1 amide bonds. The van der Waals surface area contributed by atoms with Crippen LogP contribution < -0.4 is 4.90 Å². The molecule has 4 aromatic rings. The van der Waals surface area contributed by atoms with Crippen molar-refractivity contribution in [3.8, 4) is 11.4 Å². The highest BCUT2D eigenvalue weighted by molar-refractivity contribution is 5.83. The quantitative estimate of drug-likeness (QED) is 0.379. The van der Waals surface area contributed by atoms with Crippen molar-refractivity contribution < 1.29 is 13.9 Å². The number of anilines is 1. The predicted molar refractivity (Wildman–Crippen MR) is 137 cm³/mol. The van der Waals surface area contributed by atoms with Gasteiger partial charge in [0.05, 0.1) is 23.8 Å². The first-order valence-corrected chi connectivity index (χ1v) is 11.9. The van der Waals surface area contributed by atoms with Crippen molar-refractivity contribution in [3.63, 3.8) is 0 Å². The van der Waals surface area contributed by atoms with Crippen LogP contribution in [0.15, 0.2) is 55.1 Å². The molecule has 0 spiro atoms. The molecule has 0 radical (unpaired) electrons. The van der Waals surface area contributed by atoms with E-state index in [1.54, 1.807) is 27.9 Å². The van der Waals surface area contributed by atoms with Crippen LogP contribution in [0.2, 0.25) is 0 Å². The van der Waals surface area contributed by atoms with Crippen LogP contribution in [-0.2, 0) is 4.74 Å². The highest BCUT2D eigenvalue weighted by atomic mass is 19.1. The Labute approximate surface area is 209 Å². The molecule has 9 heteroatoms. The number of hydrogen-bond donors (Lipinski definition) is 0. The summed E-state index contributed by atoms with van der Waals surface area (Å²) in [6.45, 7) is 14.6. The number of halogens is 1. The van der Waals surface area contributed by atoms with Crippen LogP contribution >= 0.6 is 0 Å². The SMILES string of the molecule is C=C1CN(c2ccc3nc(-c4cc(F)c5nc(C)cn5c4)ncc3c2)C[C@@H](C)N1C(=O)OC(C)(C)C. The molecule has 0 N–H and O–H groups in total. The second-order valence-electron chi connectivity index (χ2n) is 10.3. The van der Waals surface area contributed by atoms with Gasteiger partial charge in [-0.05, 0) is 58.9 Å². The number of carbonyl (C=O) groups excluding carboxylic acids is 1. The van der Waals surface area contributed by atoms with Crippen molar-refractivity contribution in [2.45, 2.75) is 46.3 Å². The fourth-order valence-corrected chi connectivity index (χ4v) is 4.55. The third-order valence-corrected chi connectivity index (χ3v) is 6.04. The lowest BCUT2D eigenvalue weighted by Gasteiger charge is -2.42. The average Bonchev–Trinajstić information content (AvgIpc) is 3.17. The Morgan fingerprint density at radius 1 is 1.19 bits per heavy atom. The first kappa shape index (κ1) is 23.7. The van der Waals surface area contributed by atoms with Gasteiger partial charge in [0, 0.05) is 47.5 Å². The predicted octanol–water partition coefficient (Wildman–Crippen LogP) is 5.35. The van der Waals surface area contributed by atoms with E-state index in [1.807, 2.05) is 52.8 Å². The molecule has 1 aromatic carbocycles. The van der Waals surface area contributed by atoms with Crippen LogP contribution in [0.25, 0.3) is 27.9 Å². The molecular formula is C27H29FN6O2. The number of nitrogens with zero attached hydrogens (tertiary/aromatic N) is 6. The molecule has 0 saturated carbocycles. The van der Waals surface area contributed by atoms with Crippen molar-refractivity contribution in [2.75, 3.05) is 18.0 Å². The lowest BCUT2D eigenvalue weighted by molar-refractivity contribution is 0.0238. The second-order valence-corrected chi connectivity index (χ2v) is 10.3. The van der Waals surface area contributed by atoms with Crippen LogP contribution in [-0.4, -0.2) is 55.1 Å². The molecule has 1 atom stereocenters. The van der Waals surface area contributed by atoms with Gasteiger partial charge in [0.1, 0.15) is 5.60 Å². The van der Waals surface area contributed by atoms with Gasteiger partial charge in [0.15, 0.2) is 17.3 Å². The first-order chi connectivity index (χ1) is 17.0. The molecule has 3 aromatic heterocycles. The smallest absolute Gasteiger partial charge is 0.414 e. The van der Waals surface area contributed by atoms with Crippen LogP contribution in [0.3, 0.4) is 0 Å². The zero-order chi connectivity index (χ0) is 25.8. The number of imidazole rings is 1. The van der Waals surface area contributed by atoms with Crippen LogP contribution in [0.5, 0.6) is 0 Å². The monoisotopic (exact) mass is 488 g/mol. The van der Waals surface area contributed by atoms with Crippen LogP contribution in [0.4, 0.5) is 14.9 Å². The van der Waals surface area contributed by atoms with E-state index in [0.29, 0.717) is 30.2 Å². The fourth-order valence-electron chi connectivity index (χ4n) is 4.55. The molecule has 1 fully saturated rings. The van der Waals surface area contributed by atoms with Gasteiger partial charge in [0.2, 0.25) is 0 Å². The number of ether oxygens (including phenoxy) is 1. The summed E-state index contributed by atoms with van der Waals surface area (Å²) in [5.41, 5.74) is 3.45. The summed E-state index contributed by atoms with van der Waals surface area (Å²) in [5, 5.41) is 0.865. The number of rotatable bonds is 2. The van der Waals surface area contributed by atoms with E-state index in [9.17, 15) is 9.18 Å². The summed E-state index contributed by atoms with van der Waals surface area (Å²) in [6, 6.07) is 7.25. The molecule has 186 valence electrons. The molecule has 0 bridgehead atoms. The Bertz CT molecular complexity index is 1510. The number of fused-ring (bicyclic) bond motifs is 2. The van der Waals surface area contributed by atoms with Crippen molar-refractivity contribution in [2.24, 2.45) is 0 Å². The molecular weight excluding hydrogens is 459 g/mol. The Kier molecular flexibility index (Phi) is 5.65. The van der Waals surface area contributed by atoms with E-state index in [1.165, 1.54) is 6.07 Å². The Balaban J connectivity index is 1.39. The van der Waals surface area contributed by atoms with Gasteiger partial charge in [-0.2, -0.15) is 0 Å². The lowest BCUT2D eigenvalue weighted by atomic mass is 10.1. The third kappa shape index (κ3) is 4.48. The zero-order valence-corrected chi connectivity index (χ0v) is 21.1. The van der Waals surface area contributed by atoms with Crippen molar-refractivity contribution in [1.82, 2.24) is 24.3 Å². The van der Waals surface area contributed by atoms with Gasteiger partial charge in [-0.25, -0.2) is 24.1 Å². The summed E-state index contributed by atoms with van der Waals surface area (Å²) in [7, 11) is 0. The van der Waals surface area contributed by atoms with Crippen molar-refractivity contribution in [3.05, 3.63) is 66.6 Å². The molecule has 4 heterocycles. The molecule has 5 rings (SSSR count). The average molecular weight is 489 g/mol. The molecule has 1 aliphatic heterocycles. The van der Waals surface area contributed by atoms with Gasteiger partial charge in [-0.15, -0.1) is 0 Å². The minimum absolute atomic E-state index is 0.105. The van der Waals surface area contributed by atoms with Crippen LogP contribution in [0.1, 0.15) is 33.4 Å². The summed E-state index contributed by atoms with van der Waals surface area (Å²) in [5.74, 6) is 0.0231. The standard InChI is InChI=1S/C27H29FN6O2/c1-16-12-33-15-20(10-22(28)25(33)30-16)24-29-11-19-9-21(7-8-23(19)31-24)32-13-17(2)34(18(3)14-32)26(35)36-27(4,5)6/h7-12,15,18H,2,13-14H2,1,3-6H3/t18-/m1/s1. The van der Waals surface area contributed by atoms with Crippen molar-refractivity contribution in [1.29, 1.82) is 0 Å². The molecule has 0 aliphatic carbocycles. The van der Waals surface area contributed by atoms with Gasteiger partial charge in [-0.3, -0.25) is 4.90 Å². The van der Waals surface area contributed by atoms with Gasteiger partial charge >= 0.3 is 6.09 Å². The number of piperazine rings is 1. The highest BCUT2D eigenvalue weighted by Gasteiger charge is 2.33. The second kappa shape index (κ2) is 8.58. The highest BCUT2D eigenvalue weighted by Crippen LogP contribution is 2.29. The lowest BCUT2D eigenvalue weighted by Crippen LogP contribution is -2.53. The van der Waals surface area contributed by atoms with Crippen molar-refractivity contribution >= 4 is 28.3 Å². The Morgan fingerprint density at radius 2 is 1.97 bits per heavy atom. The summed E-state index contributed by atoms with van der Waals surface area (Å²) in [4.78, 5) is 29.9. The largest absolute Gasteiger partial charge is 0.443 e. The molecule has 36 heavy (non-hydrogen) atoms. The first-order valence-electron chi connectivity index (χ1n) is 11.9. The number of benzene rings is 1. The summed E-state index contributed by atoms with van der Waals surface area (Å²) < 4.78 is 21.8. The molecule has 1 aliphatic rings. The minimum atomic E-state index is -0.569. The number of carbonyl (C=O) groups is 1. The van der Waals surface area contributed by atoms with Gasteiger partial charge in [0.25, 0.3) is 0 Å². The molecule has 0 unspecified atom stereocenters. The van der Waals surface area contributed by atoms with Gasteiger partial charge < -0.3 is 14.0 Å². The van der Waals surface area contributed by atoms with E-state index in [4.69, 9.17) is 4.74 Å². The number of aryl methyl sites for hydroxylation is 1. The fraction of sp³-hybridized carbons (Fsp3) is 0.333. The maximum Gasteiger partial charge on any atom is 0.414 e. The van der Waals surface area contributed by atoms with E-state index < -0.39 is 11.4 Å². The number of pyridine rings is 1. The topological polar surface area (TPSA) is 75.9 Å². The minimum Gasteiger partial charge on any atom is -0.443 e. The number of hydrogen-bond acceptors (Lipinski definition) is 6. The molecule has 8 nitrogen and oxygen atoms in total. The van der Waals surface area contributed by atoms with E-state index >= 15 is 0 Å². The van der Waals surface area contributed by atoms with Gasteiger partial charge in [-0.1, -0.05) is 6.58 Å². The zero-order valence-electron chi connectivity index (χ0n) is 21.1. The normalized spacial score (nSPS) is 16.7. The number of amides is 1. The summed E-state index contributed by atoms with van der Waals surface area (Å²) in [6.07, 6.45) is 4.93. The van der Waals surface area contributed by atoms with E-state index in [0.717, 1.165) is 22.3 Å². The third-order valence-electron chi connectivity index (χ3n) is 6.04. The Morgan fingerprint density at radius 3 is 2.69 bits per heavy atom. The summed E-state index contributed by atoms with van der Waals surface area (Å²) >= 11 is 0. The molecule has 1 saturated heterocycles.